The van der Waals surface area contributed by atoms with Crippen molar-refractivity contribution in [3.05, 3.63) is 89.0 Å². The maximum absolute atomic E-state index is 13.7. The Hall–Kier alpha value is -3.56. The number of esters is 1. The third-order valence-corrected chi connectivity index (χ3v) is 5.75. The van der Waals surface area contributed by atoms with Crippen LogP contribution in [0.2, 0.25) is 0 Å². The molecule has 2 unspecified atom stereocenters. The van der Waals surface area contributed by atoms with E-state index in [0.717, 1.165) is 49.3 Å². The summed E-state index contributed by atoms with van der Waals surface area (Å²) in [5, 5.41) is 0. The third-order valence-electron chi connectivity index (χ3n) is 5.75. The smallest absolute Gasteiger partial charge is 0.420 e. The summed E-state index contributed by atoms with van der Waals surface area (Å²) >= 11 is 0. The summed E-state index contributed by atoms with van der Waals surface area (Å²) in [5.74, 6) is -0.973. The Morgan fingerprint density at radius 1 is 0.806 bits per heavy atom. The van der Waals surface area contributed by atoms with Gasteiger partial charge < -0.3 is 23.7 Å². The van der Waals surface area contributed by atoms with Crippen molar-refractivity contribution >= 4 is 5.97 Å². The van der Waals surface area contributed by atoms with E-state index in [-0.39, 0.29) is 23.5 Å². The summed E-state index contributed by atoms with van der Waals surface area (Å²) in [5.41, 5.74) is 1.24. The number of benzene rings is 3. The van der Waals surface area contributed by atoms with Crippen LogP contribution in [0.15, 0.2) is 66.7 Å². The summed E-state index contributed by atoms with van der Waals surface area (Å²) < 4.78 is 67.2. The molecule has 3 aromatic carbocycles. The Morgan fingerprint density at radius 2 is 1.36 bits per heavy atom. The molecule has 2 atom stereocenters. The second kappa shape index (κ2) is 10.2. The molecule has 0 N–H and O–H groups in total. The lowest BCUT2D eigenvalue weighted by atomic mass is 10.1. The van der Waals surface area contributed by atoms with Gasteiger partial charge in [-0.05, 0) is 53.6 Å². The van der Waals surface area contributed by atoms with Gasteiger partial charge in [-0.1, -0.05) is 24.3 Å². The maximum Gasteiger partial charge on any atom is 0.420 e. The fourth-order valence-electron chi connectivity index (χ4n) is 3.64. The van der Waals surface area contributed by atoms with Crippen molar-refractivity contribution in [3.63, 3.8) is 0 Å². The molecule has 2 heterocycles. The zero-order valence-corrected chi connectivity index (χ0v) is 19.1. The molecule has 0 amide bonds. The zero-order chi connectivity index (χ0) is 25.1. The van der Waals surface area contributed by atoms with Crippen molar-refractivity contribution in [3.8, 4) is 17.2 Å². The van der Waals surface area contributed by atoms with Gasteiger partial charge in [0.2, 0.25) is 6.79 Å². The molecular formula is C27H23F3O6. The van der Waals surface area contributed by atoms with Crippen molar-refractivity contribution in [2.75, 3.05) is 20.0 Å². The molecule has 0 aromatic heterocycles. The first-order valence-electron chi connectivity index (χ1n) is 11.4. The van der Waals surface area contributed by atoms with Crippen LogP contribution in [0.4, 0.5) is 13.2 Å². The molecule has 5 rings (SSSR count). The first-order valence-corrected chi connectivity index (χ1v) is 11.4. The molecule has 0 aliphatic carbocycles. The number of epoxide rings is 2. The number of hydrogen-bond acceptors (Lipinski definition) is 6. The molecule has 2 aliphatic heterocycles. The highest BCUT2D eigenvalue weighted by Crippen LogP contribution is 2.38. The van der Waals surface area contributed by atoms with Gasteiger partial charge in [0.25, 0.3) is 0 Å². The van der Waals surface area contributed by atoms with Crippen LogP contribution in [0, 0.1) is 0 Å². The lowest BCUT2D eigenvalue weighted by Crippen LogP contribution is -2.14. The first kappa shape index (κ1) is 24.1. The van der Waals surface area contributed by atoms with E-state index >= 15 is 0 Å². The van der Waals surface area contributed by atoms with Crippen LogP contribution in [0.3, 0.4) is 0 Å². The van der Waals surface area contributed by atoms with Gasteiger partial charge in [0.15, 0.2) is 0 Å². The highest BCUT2D eigenvalue weighted by molar-refractivity contribution is 5.91. The molecule has 0 saturated carbocycles. The van der Waals surface area contributed by atoms with Gasteiger partial charge in [-0.25, -0.2) is 4.79 Å². The molecule has 2 saturated heterocycles. The maximum atomic E-state index is 13.7. The molecule has 2 aliphatic rings. The Bertz CT molecular complexity index is 1200. The summed E-state index contributed by atoms with van der Waals surface area (Å²) in [6.07, 6.45) is -2.70. The topological polar surface area (TPSA) is 69.8 Å². The molecule has 3 aromatic rings. The molecule has 9 heteroatoms. The van der Waals surface area contributed by atoms with E-state index in [1.807, 2.05) is 12.1 Å². The first-order chi connectivity index (χ1) is 17.3. The lowest BCUT2D eigenvalue weighted by Gasteiger charge is -2.16. The minimum absolute atomic E-state index is 0.211. The van der Waals surface area contributed by atoms with E-state index < -0.39 is 30.3 Å². The van der Waals surface area contributed by atoms with E-state index in [2.05, 4.69) is 0 Å². The van der Waals surface area contributed by atoms with Crippen molar-refractivity contribution in [2.45, 2.75) is 31.2 Å². The van der Waals surface area contributed by atoms with E-state index in [0.29, 0.717) is 5.75 Å². The van der Waals surface area contributed by atoms with Crippen molar-refractivity contribution in [1.82, 2.24) is 0 Å². The van der Waals surface area contributed by atoms with Crippen LogP contribution in [0.1, 0.15) is 27.0 Å². The van der Waals surface area contributed by atoms with Gasteiger partial charge in [0.1, 0.15) is 22.8 Å². The Labute approximate surface area is 205 Å². The van der Waals surface area contributed by atoms with Crippen molar-refractivity contribution in [2.24, 2.45) is 0 Å². The SMILES string of the molecule is O=C(Oc1ccc(OCOc2ccc(CC3CO3)cc2)c(C(F)(F)F)c1)c1ccc(CC2CO2)cc1. The average Bonchev–Trinajstić information content (AvgIpc) is 3.78. The Balaban J connectivity index is 1.19. The number of carbonyl (C=O) groups excluding carboxylic acids is 1. The van der Waals surface area contributed by atoms with Gasteiger partial charge in [-0.3, -0.25) is 0 Å². The number of halogens is 3. The Morgan fingerprint density at radius 3 is 1.92 bits per heavy atom. The Kier molecular flexibility index (Phi) is 6.84. The summed E-state index contributed by atoms with van der Waals surface area (Å²) in [6.45, 7) is 1.06. The number of ether oxygens (including phenoxy) is 5. The third kappa shape index (κ3) is 6.56. The van der Waals surface area contributed by atoms with Gasteiger partial charge in [-0.15, -0.1) is 0 Å². The molecule has 0 bridgehead atoms. The van der Waals surface area contributed by atoms with E-state index in [1.165, 1.54) is 6.07 Å². The standard InChI is InChI=1S/C27H23F3O6/c28-27(29,30)24-13-21(36-26(31)19-5-1-17(2-6-19)11-22-14-32-22)9-10-25(24)35-16-34-20-7-3-18(4-8-20)12-23-15-33-23/h1-10,13,22-23H,11-12,14-16H2. The highest BCUT2D eigenvalue weighted by atomic mass is 19.4. The average molecular weight is 500 g/mol. The molecule has 0 radical (unpaired) electrons. The summed E-state index contributed by atoms with van der Waals surface area (Å²) in [7, 11) is 0. The quantitative estimate of drug-likeness (QED) is 0.165. The fraction of sp³-hybridized carbons (Fsp3) is 0.296. The normalized spacial score (nSPS) is 18.4. The minimum atomic E-state index is -4.73. The van der Waals surface area contributed by atoms with Crippen molar-refractivity contribution < 1.29 is 41.7 Å². The second-order valence-electron chi connectivity index (χ2n) is 8.61. The molecule has 0 spiro atoms. The number of alkyl halides is 3. The van der Waals surface area contributed by atoms with Gasteiger partial charge in [0.05, 0.1) is 31.0 Å². The minimum Gasteiger partial charge on any atom is -0.458 e. The predicted octanol–water partition coefficient (Wildman–Crippen LogP) is 5.22. The molecular weight excluding hydrogens is 477 g/mol. The molecule has 188 valence electrons. The zero-order valence-electron chi connectivity index (χ0n) is 19.1. The highest BCUT2D eigenvalue weighted by Gasteiger charge is 2.35. The number of hydrogen-bond donors (Lipinski definition) is 0. The predicted molar refractivity (Wildman–Crippen MR) is 122 cm³/mol. The van der Waals surface area contributed by atoms with Crippen LogP contribution in [0.25, 0.3) is 0 Å². The van der Waals surface area contributed by atoms with E-state index in [4.69, 9.17) is 23.7 Å². The van der Waals surface area contributed by atoms with E-state index in [9.17, 15) is 18.0 Å². The van der Waals surface area contributed by atoms with Gasteiger partial charge >= 0.3 is 12.1 Å². The van der Waals surface area contributed by atoms with Crippen LogP contribution < -0.4 is 14.2 Å². The van der Waals surface area contributed by atoms with Crippen molar-refractivity contribution in [1.29, 1.82) is 0 Å². The lowest BCUT2D eigenvalue weighted by molar-refractivity contribution is -0.139. The molecule has 2 fully saturated rings. The van der Waals surface area contributed by atoms with Crippen LogP contribution in [-0.4, -0.2) is 38.2 Å². The largest absolute Gasteiger partial charge is 0.458 e. The number of rotatable bonds is 10. The second-order valence-corrected chi connectivity index (χ2v) is 8.61. The monoisotopic (exact) mass is 500 g/mol. The van der Waals surface area contributed by atoms with Gasteiger partial charge in [0, 0.05) is 12.8 Å². The van der Waals surface area contributed by atoms with Crippen LogP contribution in [-0.2, 0) is 28.5 Å². The molecule has 36 heavy (non-hydrogen) atoms. The van der Waals surface area contributed by atoms with E-state index in [1.54, 1.807) is 36.4 Å². The van der Waals surface area contributed by atoms with Crippen LogP contribution in [0.5, 0.6) is 17.2 Å². The van der Waals surface area contributed by atoms with Crippen LogP contribution >= 0.6 is 0 Å². The molecule has 6 nitrogen and oxygen atoms in total. The summed E-state index contributed by atoms with van der Waals surface area (Å²) in [4.78, 5) is 12.4. The van der Waals surface area contributed by atoms with Gasteiger partial charge in [-0.2, -0.15) is 13.2 Å². The summed E-state index contributed by atoms with van der Waals surface area (Å²) in [6, 6.07) is 17.0. The fourth-order valence-corrected chi connectivity index (χ4v) is 3.64. The number of carbonyl (C=O) groups is 1.